The molecule has 0 bridgehead atoms. The van der Waals surface area contributed by atoms with E-state index in [4.69, 9.17) is 5.11 Å². The molecule has 0 aromatic rings. The normalized spacial score (nSPS) is 20.9. The Hall–Kier alpha value is -1.30. The quantitative estimate of drug-likeness (QED) is 0.621. The van der Waals surface area contributed by atoms with Gasteiger partial charge < -0.3 is 20.6 Å². The Bertz CT molecular complexity index is 268. The number of hydrogen-bond acceptors (Lipinski definition) is 3. The number of nitrogens with zero attached hydrogens (tertiary/aromatic N) is 1. The van der Waals surface area contributed by atoms with Gasteiger partial charge in [0.2, 0.25) is 5.91 Å². The summed E-state index contributed by atoms with van der Waals surface area (Å²) in [6.07, 6.45) is -0.969. The molecule has 16 heavy (non-hydrogen) atoms. The van der Waals surface area contributed by atoms with E-state index in [0.29, 0.717) is 25.6 Å². The first kappa shape index (κ1) is 12.8. The van der Waals surface area contributed by atoms with Gasteiger partial charge in [0.15, 0.2) is 0 Å². The molecule has 2 amide bonds. The van der Waals surface area contributed by atoms with Gasteiger partial charge in [-0.25, -0.2) is 4.79 Å². The molecule has 1 fully saturated rings. The molecule has 6 heteroatoms. The second kappa shape index (κ2) is 5.69. The minimum absolute atomic E-state index is 0.125. The molecule has 92 valence electrons. The molecular formula is C10H19N3O3. The van der Waals surface area contributed by atoms with Gasteiger partial charge in [-0.15, -0.1) is 0 Å². The second-order valence-electron chi connectivity index (χ2n) is 4.37. The summed E-state index contributed by atoms with van der Waals surface area (Å²) >= 11 is 0. The van der Waals surface area contributed by atoms with E-state index in [1.807, 2.05) is 13.8 Å². The van der Waals surface area contributed by atoms with Gasteiger partial charge in [-0.05, 0) is 5.92 Å². The van der Waals surface area contributed by atoms with Gasteiger partial charge in [-0.3, -0.25) is 4.79 Å². The number of hydrogen-bond donors (Lipinski definition) is 3. The van der Waals surface area contributed by atoms with Crippen molar-refractivity contribution >= 4 is 12.0 Å². The van der Waals surface area contributed by atoms with Crippen LogP contribution in [0.2, 0.25) is 0 Å². The Morgan fingerprint density at radius 2 is 2.25 bits per heavy atom. The van der Waals surface area contributed by atoms with Gasteiger partial charge >= 0.3 is 6.09 Å². The summed E-state index contributed by atoms with van der Waals surface area (Å²) in [5.41, 5.74) is 0. The molecule has 1 heterocycles. The molecule has 0 spiro atoms. The molecule has 3 N–H and O–H groups in total. The fourth-order valence-corrected chi connectivity index (χ4v) is 1.53. The topological polar surface area (TPSA) is 81.7 Å². The zero-order chi connectivity index (χ0) is 12.1. The SMILES string of the molecule is CC(C)CNC(=O)C1CN(C(=O)O)CCN1. The fraction of sp³-hybridized carbons (Fsp3) is 0.800. The molecule has 1 aliphatic rings. The molecule has 1 aliphatic heterocycles. The van der Waals surface area contributed by atoms with Crippen molar-refractivity contribution in [2.75, 3.05) is 26.2 Å². The van der Waals surface area contributed by atoms with Crippen LogP contribution in [0.1, 0.15) is 13.8 Å². The third-order valence-electron chi connectivity index (χ3n) is 2.45. The molecule has 1 rings (SSSR count). The summed E-state index contributed by atoms with van der Waals surface area (Å²) in [5, 5.41) is 14.6. The Balaban J connectivity index is 2.41. The maximum absolute atomic E-state index is 11.7. The number of amides is 2. The van der Waals surface area contributed by atoms with Crippen LogP contribution in [-0.2, 0) is 4.79 Å². The molecule has 0 saturated carbocycles. The zero-order valence-corrected chi connectivity index (χ0v) is 9.69. The van der Waals surface area contributed by atoms with Crippen molar-refractivity contribution in [1.82, 2.24) is 15.5 Å². The Labute approximate surface area is 95.0 Å². The maximum atomic E-state index is 11.7. The summed E-state index contributed by atoms with van der Waals surface area (Å²) < 4.78 is 0. The Morgan fingerprint density at radius 3 is 2.81 bits per heavy atom. The Morgan fingerprint density at radius 1 is 1.56 bits per heavy atom. The predicted molar refractivity (Wildman–Crippen MR) is 59.2 cm³/mol. The summed E-state index contributed by atoms with van der Waals surface area (Å²) in [7, 11) is 0. The highest BCUT2D eigenvalue weighted by molar-refractivity contribution is 5.82. The van der Waals surface area contributed by atoms with Gasteiger partial charge in [-0.1, -0.05) is 13.8 Å². The van der Waals surface area contributed by atoms with E-state index < -0.39 is 12.1 Å². The van der Waals surface area contributed by atoms with E-state index >= 15 is 0 Å². The minimum Gasteiger partial charge on any atom is -0.465 e. The summed E-state index contributed by atoms with van der Waals surface area (Å²) in [6.45, 7) is 5.81. The standard InChI is InChI=1S/C10H19N3O3/c1-7(2)5-12-9(14)8-6-13(10(15)16)4-3-11-8/h7-8,11H,3-6H2,1-2H3,(H,12,14)(H,15,16). The monoisotopic (exact) mass is 229 g/mol. The molecule has 6 nitrogen and oxygen atoms in total. The average molecular weight is 229 g/mol. The van der Waals surface area contributed by atoms with Crippen molar-refractivity contribution in [2.24, 2.45) is 5.92 Å². The van der Waals surface area contributed by atoms with Crippen molar-refractivity contribution in [1.29, 1.82) is 0 Å². The van der Waals surface area contributed by atoms with Crippen LogP contribution in [0.4, 0.5) is 4.79 Å². The predicted octanol–water partition coefficient (Wildman–Crippen LogP) is -0.290. The summed E-state index contributed by atoms with van der Waals surface area (Å²) in [4.78, 5) is 23.7. The van der Waals surface area contributed by atoms with Crippen molar-refractivity contribution in [3.63, 3.8) is 0 Å². The van der Waals surface area contributed by atoms with Gasteiger partial charge in [0.1, 0.15) is 6.04 Å². The van der Waals surface area contributed by atoms with E-state index in [0.717, 1.165) is 0 Å². The van der Waals surface area contributed by atoms with Crippen LogP contribution in [0.3, 0.4) is 0 Å². The largest absolute Gasteiger partial charge is 0.465 e. The number of piperazine rings is 1. The number of nitrogens with one attached hydrogen (secondary N) is 2. The lowest BCUT2D eigenvalue weighted by molar-refractivity contribution is -0.124. The van der Waals surface area contributed by atoms with Gasteiger partial charge in [0, 0.05) is 26.2 Å². The van der Waals surface area contributed by atoms with Crippen molar-refractivity contribution in [3.8, 4) is 0 Å². The van der Waals surface area contributed by atoms with Crippen molar-refractivity contribution in [3.05, 3.63) is 0 Å². The summed E-state index contributed by atoms with van der Waals surface area (Å²) in [5.74, 6) is 0.266. The third-order valence-corrected chi connectivity index (χ3v) is 2.45. The molecule has 0 radical (unpaired) electrons. The summed E-state index contributed by atoms with van der Waals surface area (Å²) in [6, 6.07) is -0.427. The highest BCUT2D eigenvalue weighted by Crippen LogP contribution is 2.00. The molecule has 1 unspecified atom stereocenters. The minimum atomic E-state index is -0.969. The zero-order valence-electron chi connectivity index (χ0n) is 9.69. The number of rotatable bonds is 3. The highest BCUT2D eigenvalue weighted by atomic mass is 16.4. The molecule has 1 atom stereocenters. The first-order valence-corrected chi connectivity index (χ1v) is 5.49. The van der Waals surface area contributed by atoms with Gasteiger partial charge in [0.25, 0.3) is 0 Å². The Kier molecular flexibility index (Phi) is 4.54. The lowest BCUT2D eigenvalue weighted by Crippen LogP contribution is -2.58. The smallest absolute Gasteiger partial charge is 0.407 e. The molecule has 0 aromatic carbocycles. The second-order valence-corrected chi connectivity index (χ2v) is 4.37. The van der Waals surface area contributed by atoms with Gasteiger partial charge in [-0.2, -0.15) is 0 Å². The number of carboxylic acid groups (broad SMARTS) is 1. The first-order chi connectivity index (χ1) is 7.50. The molecular weight excluding hydrogens is 210 g/mol. The van der Waals surface area contributed by atoms with Crippen molar-refractivity contribution in [2.45, 2.75) is 19.9 Å². The van der Waals surface area contributed by atoms with Crippen LogP contribution in [-0.4, -0.2) is 54.2 Å². The molecule has 0 aliphatic carbocycles. The van der Waals surface area contributed by atoms with Crippen molar-refractivity contribution < 1.29 is 14.7 Å². The fourth-order valence-electron chi connectivity index (χ4n) is 1.53. The first-order valence-electron chi connectivity index (χ1n) is 5.49. The van der Waals surface area contributed by atoms with E-state index in [1.54, 1.807) is 0 Å². The van der Waals surface area contributed by atoms with Gasteiger partial charge in [0.05, 0.1) is 0 Å². The maximum Gasteiger partial charge on any atom is 0.407 e. The lowest BCUT2D eigenvalue weighted by Gasteiger charge is -2.31. The van der Waals surface area contributed by atoms with Crippen LogP contribution in [0.15, 0.2) is 0 Å². The van der Waals surface area contributed by atoms with E-state index in [9.17, 15) is 9.59 Å². The molecule has 1 saturated heterocycles. The highest BCUT2D eigenvalue weighted by Gasteiger charge is 2.27. The van der Waals surface area contributed by atoms with E-state index in [1.165, 1.54) is 4.90 Å². The van der Waals surface area contributed by atoms with E-state index in [2.05, 4.69) is 10.6 Å². The van der Waals surface area contributed by atoms with Crippen LogP contribution < -0.4 is 10.6 Å². The molecule has 0 aromatic heterocycles. The van der Waals surface area contributed by atoms with Crippen LogP contribution in [0.25, 0.3) is 0 Å². The van der Waals surface area contributed by atoms with E-state index in [-0.39, 0.29) is 12.5 Å². The lowest BCUT2D eigenvalue weighted by atomic mass is 10.2. The van der Waals surface area contributed by atoms with Crippen LogP contribution in [0.5, 0.6) is 0 Å². The third kappa shape index (κ3) is 3.69. The van der Waals surface area contributed by atoms with Crippen LogP contribution in [0, 0.1) is 5.92 Å². The number of carbonyl (C=O) groups excluding carboxylic acids is 1. The number of carbonyl (C=O) groups is 2. The average Bonchev–Trinajstić information content (AvgIpc) is 2.26. The van der Waals surface area contributed by atoms with Crippen LogP contribution >= 0.6 is 0 Å².